The lowest BCUT2D eigenvalue weighted by Crippen LogP contribution is -2.40. The van der Waals surface area contributed by atoms with Crippen molar-refractivity contribution in [2.45, 2.75) is 32.7 Å². The Labute approximate surface area is 133 Å². The van der Waals surface area contributed by atoms with Crippen LogP contribution in [0.15, 0.2) is 22.0 Å². The summed E-state index contributed by atoms with van der Waals surface area (Å²) in [5.41, 5.74) is 0. The van der Waals surface area contributed by atoms with E-state index in [4.69, 9.17) is 4.74 Å². The van der Waals surface area contributed by atoms with Crippen LogP contribution in [-0.4, -0.2) is 37.1 Å². The number of amides is 1. The van der Waals surface area contributed by atoms with Crippen molar-refractivity contribution in [1.29, 1.82) is 0 Å². The molecule has 112 valence electrons. The van der Waals surface area contributed by atoms with Crippen molar-refractivity contribution >= 4 is 39.2 Å². The smallest absolute Gasteiger partial charge is 0.246 e. The summed E-state index contributed by atoms with van der Waals surface area (Å²) in [5, 5.41) is 0. The van der Waals surface area contributed by atoms with Crippen LogP contribution in [0, 0.1) is 0 Å². The molecule has 0 N–H and O–H groups in total. The molecule has 0 aromatic carbocycles. The second kappa shape index (κ2) is 9.32. The molecule has 1 rings (SSSR count). The predicted octanol–water partition coefficient (Wildman–Crippen LogP) is 4.19. The average molecular weight is 360 g/mol. The average Bonchev–Trinajstić information content (AvgIpc) is 2.86. The number of carbonyl (C=O) groups is 1. The normalized spacial score (nSPS) is 11.4. The Kier molecular flexibility index (Phi) is 8.11. The molecule has 1 aromatic heterocycles. The summed E-state index contributed by atoms with van der Waals surface area (Å²) < 4.78 is 6.18. The van der Waals surface area contributed by atoms with E-state index in [9.17, 15) is 4.79 Å². The van der Waals surface area contributed by atoms with Crippen molar-refractivity contribution in [1.82, 2.24) is 4.90 Å². The number of nitrogens with zero attached hydrogens (tertiary/aromatic N) is 1. The molecule has 3 nitrogen and oxygen atoms in total. The fourth-order valence-electron chi connectivity index (χ4n) is 2.06. The number of methoxy groups -OCH3 is 1. The van der Waals surface area contributed by atoms with Crippen LogP contribution in [0.3, 0.4) is 0 Å². The summed E-state index contributed by atoms with van der Waals surface area (Å²) >= 11 is 5.03. The summed E-state index contributed by atoms with van der Waals surface area (Å²) in [5.74, 6) is 0.0558. The molecule has 0 spiro atoms. The van der Waals surface area contributed by atoms with Gasteiger partial charge in [-0.25, -0.2) is 0 Å². The molecule has 0 radical (unpaired) electrons. The van der Waals surface area contributed by atoms with Crippen LogP contribution < -0.4 is 0 Å². The van der Waals surface area contributed by atoms with E-state index in [1.54, 1.807) is 24.5 Å². The molecule has 5 heteroatoms. The van der Waals surface area contributed by atoms with Gasteiger partial charge in [0.25, 0.3) is 0 Å². The van der Waals surface area contributed by atoms with Gasteiger partial charge in [0.15, 0.2) is 0 Å². The molecule has 20 heavy (non-hydrogen) atoms. The van der Waals surface area contributed by atoms with Crippen LogP contribution in [0.1, 0.15) is 31.6 Å². The van der Waals surface area contributed by atoms with Gasteiger partial charge in [0, 0.05) is 30.6 Å². The Morgan fingerprint density at radius 1 is 1.45 bits per heavy atom. The molecule has 0 bridgehead atoms. The van der Waals surface area contributed by atoms with Crippen LogP contribution >= 0.6 is 27.3 Å². The minimum Gasteiger partial charge on any atom is -0.383 e. The highest BCUT2D eigenvalue weighted by molar-refractivity contribution is 9.11. The van der Waals surface area contributed by atoms with Crippen LogP contribution in [-0.2, 0) is 9.53 Å². The number of rotatable bonds is 8. The van der Waals surface area contributed by atoms with Gasteiger partial charge in [0.2, 0.25) is 5.91 Å². The summed E-state index contributed by atoms with van der Waals surface area (Å²) in [6.07, 6.45) is 5.46. The molecule has 1 amide bonds. The highest BCUT2D eigenvalue weighted by atomic mass is 79.9. The zero-order chi connectivity index (χ0) is 15.0. The zero-order valence-electron chi connectivity index (χ0n) is 12.3. The van der Waals surface area contributed by atoms with Gasteiger partial charge in [-0.05, 0) is 47.0 Å². The van der Waals surface area contributed by atoms with E-state index in [2.05, 4.69) is 29.8 Å². The summed E-state index contributed by atoms with van der Waals surface area (Å²) in [6, 6.07) is 4.26. The van der Waals surface area contributed by atoms with Crippen LogP contribution in [0.2, 0.25) is 0 Å². The van der Waals surface area contributed by atoms with Gasteiger partial charge in [0.1, 0.15) is 0 Å². The maximum absolute atomic E-state index is 12.4. The number of halogens is 1. The third-order valence-corrected chi connectivity index (χ3v) is 4.78. The lowest BCUT2D eigenvalue weighted by atomic mass is 10.1. The van der Waals surface area contributed by atoms with E-state index in [-0.39, 0.29) is 11.9 Å². The van der Waals surface area contributed by atoms with Crippen molar-refractivity contribution in [3.05, 3.63) is 26.9 Å². The van der Waals surface area contributed by atoms with Crippen molar-refractivity contribution in [2.24, 2.45) is 0 Å². The zero-order valence-corrected chi connectivity index (χ0v) is 14.7. The molecule has 0 fully saturated rings. The minimum atomic E-state index is 0.0558. The maximum atomic E-state index is 12.4. The molecule has 0 atom stereocenters. The predicted molar refractivity (Wildman–Crippen MR) is 89.0 cm³/mol. The third kappa shape index (κ3) is 5.38. The van der Waals surface area contributed by atoms with Gasteiger partial charge < -0.3 is 9.64 Å². The number of carbonyl (C=O) groups excluding carboxylic acids is 1. The van der Waals surface area contributed by atoms with Crippen molar-refractivity contribution in [3.8, 4) is 0 Å². The first-order chi connectivity index (χ1) is 9.62. The quantitative estimate of drug-likeness (QED) is 0.651. The lowest BCUT2D eigenvalue weighted by molar-refractivity contribution is -0.129. The van der Waals surface area contributed by atoms with Gasteiger partial charge in [-0.2, -0.15) is 0 Å². The van der Waals surface area contributed by atoms with E-state index >= 15 is 0 Å². The Morgan fingerprint density at radius 2 is 2.15 bits per heavy atom. The van der Waals surface area contributed by atoms with E-state index in [0.29, 0.717) is 13.2 Å². The van der Waals surface area contributed by atoms with Gasteiger partial charge >= 0.3 is 0 Å². The number of thiophene rings is 1. The first-order valence-electron chi connectivity index (χ1n) is 6.85. The Morgan fingerprint density at radius 3 is 2.65 bits per heavy atom. The molecular weight excluding hydrogens is 338 g/mol. The largest absolute Gasteiger partial charge is 0.383 e. The Bertz CT molecular complexity index is 441. The number of hydrogen-bond acceptors (Lipinski definition) is 3. The Balaban J connectivity index is 2.73. The van der Waals surface area contributed by atoms with Gasteiger partial charge in [0.05, 0.1) is 10.4 Å². The topological polar surface area (TPSA) is 29.5 Å². The molecule has 1 heterocycles. The Hall–Kier alpha value is -0.650. The second-order valence-electron chi connectivity index (χ2n) is 4.47. The highest BCUT2D eigenvalue weighted by Crippen LogP contribution is 2.23. The van der Waals surface area contributed by atoms with Gasteiger partial charge in [-0.15, -0.1) is 11.3 Å². The number of ether oxygens (including phenoxy) is 1. The summed E-state index contributed by atoms with van der Waals surface area (Å²) in [7, 11) is 1.66. The fraction of sp³-hybridized carbons (Fsp3) is 0.533. The van der Waals surface area contributed by atoms with Crippen molar-refractivity contribution < 1.29 is 9.53 Å². The maximum Gasteiger partial charge on any atom is 0.246 e. The highest BCUT2D eigenvalue weighted by Gasteiger charge is 2.18. The molecule has 0 unspecified atom stereocenters. The van der Waals surface area contributed by atoms with Gasteiger partial charge in [-0.3, -0.25) is 4.79 Å². The minimum absolute atomic E-state index is 0.0558. The molecule has 0 saturated carbocycles. The molecular formula is C15H22BrNO2S. The summed E-state index contributed by atoms with van der Waals surface area (Å²) in [4.78, 5) is 15.3. The third-order valence-electron chi connectivity index (χ3n) is 3.19. The standard InChI is InChI=1S/C15H22BrNO2S/c1-4-12(5-2)17(10-11-19-3)15(18)9-7-13-6-8-14(16)20-13/h6-9,12H,4-5,10-11H2,1-3H3/b9-7+. The van der Waals surface area contributed by atoms with E-state index in [1.807, 2.05) is 23.1 Å². The summed E-state index contributed by atoms with van der Waals surface area (Å²) in [6.45, 7) is 5.43. The fourth-order valence-corrected chi connectivity index (χ4v) is 3.39. The second-order valence-corrected chi connectivity index (χ2v) is 6.96. The van der Waals surface area contributed by atoms with Crippen molar-refractivity contribution in [2.75, 3.05) is 20.3 Å². The number of hydrogen-bond donors (Lipinski definition) is 0. The van der Waals surface area contributed by atoms with Crippen LogP contribution in [0.4, 0.5) is 0 Å². The molecule has 0 aliphatic carbocycles. The molecule has 0 aliphatic rings. The van der Waals surface area contributed by atoms with Crippen LogP contribution in [0.25, 0.3) is 6.08 Å². The van der Waals surface area contributed by atoms with Crippen LogP contribution in [0.5, 0.6) is 0 Å². The molecule has 1 aromatic rings. The molecule has 0 aliphatic heterocycles. The van der Waals surface area contributed by atoms with E-state index in [0.717, 1.165) is 21.5 Å². The van der Waals surface area contributed by atoms with Gasteiger partial charge in [-0.1, -0.05) is 13.8 Å². The SMILES string of the molecule is CCC(CC)N(CCOC)C(=O)/C=C/c1ccc(Br)s1. The van der Waals surface area contributed by atoms with E-state index < -0.39 is 0 Å². The van der Waals surface area contributed by atoms with Crippen molar-refractivity contribution in [3.63, 3.8) is 0 Å². The monoisotopic (exact) mass is 359 g/mol. The van der Waals surface area contributed by atoms with E-state index in [1.165, 1.54) is 0 Å². The first kappa shape index (κ1) is 17.4. The lowest BCUT2D eigenvalue weighted by Gasteiger charge is -2.29. The molecule has 0 saturated heterocycles. The first-order valence-corrected chi connectivity index (χ1v) is 8.46.